The maximum atomic E-state index is 10.6. The maximum absolute atomic E-state index is 10.6. The topological polar surface area (TPSA) is 109 Å². The van der Waals surface area contributed by atoms with Crippen LogP contribution in [0, 0.1) is 11.3 Å². The number of aliphatic carboxylic acids is 1. The molecule has 2 rings (SSSR count). The van der Waals surface area contributed by atoms with E-state index in [1.807, 2.05) is 6.07 Å². The number of carboxylic acid groups (broad SMARTS) is 1. The second-order valence-corrected chi connectivity index (χ2v) is 4.21. The van der Waals surface area contributed by atoms with E-state index in [9.17, 15) is 4.79 Å². The fraction of sp³-hybridized carbons (Fsp3) is 0.214. The van der Waals surface area contributed by atoms with Crippen LogP contribution in [0.5, 0.6) is 5.88 Å². The Morgan fingerprint density at radius 2 is 2.14 bits per heavy atom. The minimum absolute atomic E-state index is 0.226. The summed E-state index contributed by atoms with van der Waals surface area (Å²) in [6, 6.07) is 7.10. The fourth-order valence-electron chi connectivity index (χ4n) is 1.56. The van der Waals surface area contributed by atoms with Crippen LogP contribution in [0.25, 0.3) is 11.3 Å². The summed E-state index contributed by atoms with van der Waals surface area (Å²) in [5, 5.41) is 17.4. The Balaban J connectivity index is 2.20. The van der Waals surface area contributed by atoms with Crippen molar-refractivity contribution < 1.29 is 14.6 Å². The summed E-state index contributed by atoms with van der Waals surface area (Å²) in [5.74, 6) is -0.422. The van der Waals surface area contributed by atoms with Crippen molar-refractivity contribution in [1.82, 2.24) is 15.0 Å². The molecule has 2 heterocycles. The lowest BCUT2D eigenvalue weighted by Gasteiger charge is -2.08. The van der Waals surface area contributed by atoms with Gasteiger partial charge in [-0.3, -0.25) is 4.79 Å². The number of nitrogens with zero attached hydrogens (tertiary/aromatic N) is 4. The van der Waals surface area contributed by atoms with Gasteiger partial charge in [0.05, 0.1) is 5.69 Å². The molecule has 0 aliphatic heterocycles. The van der Waals surface area contributed by atoms with E-state index in [1.165, 1.54) is 12.4 Å². The van der Waals surface area contributed by atoms with Gasteiger partial charge in [-0.25, -0.2) is 15.0 Å². The normalized spacial score (nSPS) is 11.4. The molecule has 0 radical (unpaired) electrons. The molecular formula is C14H12N4O3. The molecular weight excluding hydrogens is 272 g/mol. The summed E-state index contributed by atoms with van der Waals surface area (Å²) < 4.78 is 5.31. The van der Waals surface area contributed by atoms with Crippen molar-refractivity contribution in [2.75, 3.05) is 0 Å². The van der Waals surface area contributed by atoms with Crippen LogP contribution in [0.4, 0.5) is 0 Å². The molecule has 2 aromatic rings. The summed E-state index contributed by atoms with van der Waals surface area (Å²) in [4.78, 5) is 22.8. The van der Waals surface area contributed by atoms with Crippen LogP contribution in [0.15, 0.2) is 30.6 Å². The lowest BCUT2D eigenvalue weighted by atomic mass is 10.2. The van der Waals surface area contributed by atoms with Crippen LogP contribution < -0.4 is 4.74 Å². The number of aromatic nitrogens is 3. The van der Waals surface area contributed by atoms with E-state index in [1.54, 1.807) is 25.1 Å². The smallest absolute Gasteiger partial charge is 0.311 e. The third-order valence-corrected chi connectivity index (χ3v) is 2.51. The van der Waals surface area contributed by atoms with Crippen LogP contribution in [0.1, 0.15) is 12.7 Å². The standard InChI is InChI=1S/C14H12N4O3/c1-9(6-15)21-13-4-2-3-11(18-13)10-7-16-12(17-8-10)5-14(19)20/h2-4,7-9H,5H2,1H3,(H,19,20). The number of carbonyl (C=O) groups is 1. The molecule has 7 heteroatoms. The number of ether oxygens (including phenoxy) is 1. The van der Waals surface area contributed by atoms with Gasteiger partial charge in [0.2, 0.25) is 5.88 Å². The van der Waals surface area contributed by atoms with Crippen molar-refractivity contribution in [1.29, 1.82) is 5.26 Å². The number of pyridine rings is 1. The van der Waals surface area contributed by atoms with Crippen molar-refractivity contribution in [3.05, 3.63) is 36.4 Å². The Morgan fingerprint density at radius 3 is 2.76 bits per heavy atom. The van der Waals surface area contributed by atoms with Gasteiger partial charge >= 0.3 is 5.97 Å². The molecule has 0 bridgehead atoms. The maximum Gasteiger partial charge on any atom is 0.311 e. The van der Waals surface area contributed by atoms with E-state index in [4.69, 9.17) is 15.1 Å². The zero-order valence-corrected chi connectivity index (χ0v) is 11.2. The van der Waals surface area contributed by atoms with Crippen LogP contribution in [0.2, 0.25) is 0 Å². The first kappa shape index (κ1) is 14.4. The van der Waals surface area contributed by atoms with Crippen LogP contribution >= 0.6 is 0 Å². The Morgan fingerprint density at radius 1 is 1.43 bits per heavy atom. The second kappa shape index (κ2) is 6.43. The fourth-order valence-corrected chi connectivity index (χ4v) is 1.56. The van der Waals surface area contributed by atoms with E-state index < -0.39 is 12.1 Å². The first-order valence-corrected chi connectivity index (χ1v) is 6.15. The van der Waals surface area contributed by atoms with Crippen molar-refractivity contribution in [3.63, 3.8) is 0 Å². The predicted molar refractivity (Wildman–Crippen MR) is 72.3 cm³/mol. The molecule has 0 aliphatic carbocycles. The monoisotopic (exact) mass is 284 g/mol. The van der Waals surface area contributed by atoms with E-state index in [2.05, 4.69) is 15.0 Å². The summed E-state index contributed by atoms with van der Waals surface area (Å²) in [7, 11) is 0. The molecule has 0 amide bonds. The second-order valence-electron chi connectivity index (χ2n) is 4.21. The van der Waals surface area contributed by atoms with Crippen molar-refractivity contribution in [2.45, 2.75) is 19.4 Å². The number of carboxylic acids is 1. The molecule has 0 aliphatic rings. The highest BCUT2D eigenvalue weighted by molar-refractivity contribution is 5.69. The SMILES string of the molecule is CC(C#N)Oc1cccc(-c2cnc(CC(=O)O)nc2)n1. The lowest BCUT2D eigenvalue weighted by molar-refractivity contribution is -0.136. The van der Waals surface area contributed by atoms with Crippen molar-refractivity contribution in [2.24, 2.45) is 0 Å². The average Bonchev–Trinajstić information content (AvgIpc) is 2.47. The molecule has 0 saturated carbocycles. The van der Waals surface area contributed by atoms with Gasteiger partial charge in [0, 0.05) is 24.0 Å². The molecule has 1 N–H and O–H groups in total. The molecule has 7 nitrogen and oxygen atoms in total. The molecule has 0 aromatic carbocycles. The first-order valence-electron chi connectivity index (χ1n) is 6.15. The molecule has 0 fully saturated rings. The lowest BCUT2D eigenvalue weighted by Crippen LogP contribution is -2.09. The zero-order valence-electron chi connectivity index (χ0n) is 11.2. The highest BCUT2D eigenvalue weighted by Crippen LogP contribution is 2.19. The van der Waals surface area contributed by atoms with E-state index in [0.29, 0.717) is 17.1 Å². The average molecular weight is 284 g/mol. The highest BCUT2D eigenvalue weighted by atomic mass is 16.5. The molecule has 2 aromatic heterocycles. The first-order chi connectivity index (χ1) is 10.1. The zero-order chi connectivity index (χ0) is 15.2. The van der Waals surface area contributed by atoms with E-state index >= 15 is 0 Å². The Labute approximate surface area is 120 Å². The van der Waals surface area contributed by atoms with Crippen molar-refractivity contribution in [3.8, 4) is 23.2 Å². The number of nitriles is 1. The van der Waals surface area contributed by atoms with Gasteiger partial charge in [-0.15, -0.1) is 0 Å². The molecule has 1 atom stereocenters. The Hall–Kier alpha value is -3.01. The van der Waals surface area contributed by atoms with E-state index in [-0.39, 0.29) is 12.2 Å². The summed E-state index contributed by atoms with van der Waals surface area (Å²) in [5.41, 5.74) is 1.22. The van der Waals surface area contributed by atoms with Gasteiger partial charge in [0.15, 0.2) is 6.10 Å². The summed E-state index contributed by atoms with van der Waals surface area (Å²) in [6.07, 6.45) is 2.19. The Bertz CT molecular complexity index is 679. The van der Waals surface area contributed by atoms with E-state index in [0.717, 1.165) is 0 Å². The van der Waals surface area contributed by atoms with Gasteiger partial charge in [0.25, 0.3) is 0 Å². The molecule has 0 saturated heterocycles. The number of hydrogen-bond donors (Lipinski definition) is 1. The molecule has 1 unspecified atom stereocenters. The van der Waals surface area contributed by atoms with Crippen LogP contribution in [0.3, 0.4) is 0 Å². The van der Waals surface area contributed by atoms with Gasteiger partial charge in [-0.05, 0) is 13.0 Å². The quantitative estimate of drug-likeness (QED) is 0.884. The Kier molecular flexibility index (Phi) is 4.41. The number of hydrogen-bond acceptors (Lipinski definition) is 6. The minimum atomic E-state index is -0.984. The summed E-state index contributed by atoms with van der Waals surface area (Å²) >= 11 is 0. The van der Waals surface area contributed by atoms with Gasteiger partial charge in [-0.1, -0.05) is 6.07 Å². The largest absolute Gasteiger partial charge is 0.481 e. The third-order valence-electron chi connectivity index (χ3n) is 2.51. The molecule has 106 valence electrons. The van der Waals surface area contributed by atoms with Gasteiger partial charge in [-0.2, -0.15) is 5.26 Å². The highest BCUT2D eigenvalue weighted by Gasteiger charge is 2.08. The molecule has 21 heavy (non-hydrogen) atoms. The van der Waals surface area contributed by atoms with Crippen molar-refractivity contribution >= 4 is 5.97 Å². The predicted octanol–water partition coefficient (Wildman–Crippen LogP) is 1.46. The van der Waals surface area contributed by atoms with Gasteiger partial charge in [0.1, 0.15) is 18.3 Å². The van der Waals surface area contributed by atoms with Crippen LogP contribution in [-0.2, 0) is 11.2 Å². The van der Waals surface area contributed by atoms with Crippen LogP contribution in [-0.4, -0.2) is 32.1 Å². The minimum Gasteiger partial charge on any atom is -0.481 e. The molecule has 0 spiro atoms. The third kappa shape index (κ3) is 3.98. The van der Waals surface area contributed by atoms with Gasteiger partial charge < -0.3 is 9.84 Å². The summed E-state index contributed by atoms with van der Waals surface area (Å²) in [6.45, 7) is 1.62. The number of rotatable bonds is 5.